The van der Waals surface area contributed by atoms with Crippen LogP contribution in [0.25, 0.3) is 0 Å². The Bertz CT molecular complexity index is 470. The highest BCUT2D eigenvalue weighted by Crippen LogP contribution is 2.39. The number of benzene rings is 1. The number of methoxy groups -OCH3 is 1. The summed E-state index contributed by atoms with van der Waals surface area (Å²) in [6.45, 7) is 0. The van der Waals surface area contributed by atoms with Crippen LogP contribution in [0.2, 0.25) is 0 Å². The first-order valence-electron chi connectivity index (χ1n) is 5.31. The maximum absolute atomic E-state index is 10.9. The van der Waals surface area contributed by atoms with Crippen molar-refractivity contribution in [2.75, 3.05) is 7.11 Å². The summed E-state index contributed by atoms with van der Waals surface area (Å²) in [4.78, 5) is 10.5. The van der Waals surface area contributed by atoms with Gasteiger partial charge in [-0.05, 0) is 22.0 Å². The molecule has 0 N–H and O–H groups in total. The normalized spacial score (nSPS) is 26.5. The van der Waals surface area contributed by atoms with E-state index in [0.29, 0.717) is 10.9 Å². The van der Waals surface area contributed by atoms with E-state index in [0.717, 1.165) is 0 Å². The van der Waals surface area contributed by atoms with E-state index >= 15 is 0 Å². The van der Waals surface area contributed by atoms with Gasteiger partial charge in [0.15, 0.2) is 0 Å². The average molecular weight is 337 g/mol. The lowest BCUT2D eigenvalue weighted by Gasteiger charge is -2.39. The molecule has 0 aliphatic heterocycles. The molecule has 18 heavy (non-hydrogen) atoms. The minimum Gasteiger partial charge on any atom is -0.480 e. The molecule has 1 aromatic rings. The van der Waals surface area contributed by atoms with Crippen molar-refractivity contribution in [1.29, 1.82) is 0 Å². The van der Waals surface area contributed by atoms with Gasteiger partial charge in [-0.15, -0.1) is 11.6 Å². The van der Waals surface area contributed by atoms with Crippen molar-refractivity contribution in [3.05, 3.63) is 32.8 Å². The maximum atomic E-state index is 10.9. The lowest BCUT2D eigenvalue weighted by Crippen LogP contribution is -2.52. The third-order valence-corrected chi connectivity index (χ3v) is 3.92. The molecule has 0 amide bonds. The van der Waals surface area contributed by atoms with Crippen LogP contribution in [0.15, 0.2) is 22.7 Å². The molecular weight excluding hydrogens is 325 g/mol. The van der Waals surface area contributed by atoms with Crippen LogP contribution >= 0.6 is 27.5 Å². The summed E-state index contributed by atoms with van der Waals surface area (Å²) in [5.41, 5.74) is -0.0720. The van der Waals surface area contributed by atoms with Crippen molar-refractivity contribution in [3.8, 4) is 5.75 Å². The zero-order valence-corrected chi connectivity index (χ0v) is 11.8. The molecule has 3 atom stereocenters. The summed E-state index contributed by atoms with van der Waals surface area (Å²) in [6.07, 6.45) is 0.117. The minimum atomic E-state index is -0.473. The highest BCUT2D eigenvalue weighted by Gasteiger charge is 2.43. The summed E-state index contributed by atoms with van der Waals surface area (Å²) < 4.78 is 11.4. The quantitative estimate of drug-likeness (QED) is 0.481. The molecule has 0 spiro atoms. The van der Waals surface area contributed by atoms with Crippen LogP contribution in [-0.2, 0) is 4.74 Å². The van der Waals surface area contributed by atoms with E-state index in [-0.39, 0.29) is 29.0 Å². The van der Waals surface area contributed by atoms with Crippen molar-refractivity contribution in [2.45, 2.75) is 24.0 Å². The maximum Gasteiger partial charge on any atom is 0.312 e. The summed E-state index contributed by atoms with van der Waals surface area (Å²) >= 11 is 9.22. The number of hydrogen-bond acceptors (Lipinski definition) is 4. The zero-order valence-electron chi connectivity index (χ0n) is 9.51. The van der Waals surface area contributed by atoms with Crippen LogP contribution < -0.4 is 4.74 Å². The zero-order chi connectivity index (χ0) is 13.3. The van der Waals surface area contributed by atoms with Gasteiger partial charge in [0.1, 0.15) is 12.2 Å². The van der Waals surface area contributed by atoms with Crippen molar-refractivity contribution < 1.29 is 14.4 Å². The molecule has 7 heteroatoms. The summed E-state index contributed by atoms with van der Waals surface area (Å²) in [7, 11) is 1.55. The minimum absolute atomic E-state index is 0.0720. The molecule has 0 saturated heterocycles. The van der Waals surface area contributed by atoms with Crippen molar-refractivity contribution >= 4 is 33.2 Å². The van der Waals surface area contributed by atoms with E-state index in [9.17, 15) is 10.1 Å². The second-order valence-corrected chi connectivity index (χ2v) is 5.37. The van der Waals surface area contributed by atoms with Crippen LogP contribution in [0, 0.1) is 10.1 Å². The van der Waals surface area contributed by atoms with Crippen LogP contribution in [0.3, 0.4) is 0 Å². The molecule has 0 aromatic heterocycles. The molecule has 1 fully saturated rings. The largest absolute Gasteiger partial charge is 0.480 e. The van der Waals surface area contributed by atoms with Gasteiger partial charge in [-0.25, -0.2) is 0 Å². The standard InChI is InChI=1S/C11H11BrClNO4/c1-17-11-7(13)5-9(11)18-10-6(12)3-2-4-8(10)14(15)16/h2-4,7,9,11H,5H2,1H3. The molecule has 1 aliphatic carbocycles. The lowest BCUT2D eigenvalue weighted by molar-refractivity contribution is -0.386. The molecule has 3 unspecified atom stereocenters. The fraction of sp³-hybridized carbons (Fsp3) is 0.455. The Balaban J connectivity index is 2.21. The number of para-hydroxylation sites is 1. The Morgan fingerprint density at radius 3 is 2.83 bits per heavy atom. The molecule has 5 nitrogen and oxygen atoms in total. The van der Waals surface area contributed by atoms with Crippen LogP contribution in [0.1, 0.15) is 6.42 Å². The van der Waals surface area contributed by atoms with Crippen LogP contribution in [-0.4, -0.2) is 29.6 Å². The third kappa shape index (κ3) is 2.46. The van der Waals surface area contributed by atoms with E-state index in [4.69, 9.17) is 21.1 Å². The van der Waals surface area contributed by atoms with Crippen molar-refractivity contribution in [3.63, 3.8) is 0 Å². The number of rotatable bonds is 4. The average Bonchev–Trinajstić information content (AvgIpc) is 2.30. The molecule has 1 saturated carbocycles. The lowest BCUT2D eigenvalue weighted by atomic mass is 9.91. The Morgan fingerprint density at radius 1 is 1.56 bits per heavy atom. The molecule has 1 aromatic carbocycles. The summed E-state index contributed by atoms with van der Waals surface area (Å²) in [6, 6.07) is 4.69. The predicted molar refractivity (Wildman–Crippen MR) is 70.3 cm³/mol. The smallest absolute Gasteiger partial charge is 0.312 e. The molecule has 1 aliphatic rings. The van der Waals surface area contributed by atoms with Gasteiger partial charge in [0.2, 0.25) is 5.75 Å². The highest BCUT2D eigenvalue weighted by molar-refractivity contribution is 9.10. The fourth-order valence-electron chi connectivity index (χ4n) is 1.85. The van der Waals surface area contributed by atoms with E-state index < -0.39 is 4.92 Å². The molecule has 98 valence electrons. The summed E-state index contributed by atoms with van der Waals surface area (Å²) in [5.74, 6) is 0.220. The van der Waals surface area contributed by atoms with Crippen LogP contribution in [0.5, 0.6) is 5.75 Å². The monoisotopic (exact) mass is 335 g/mol. The van der Waals surface area contributed by atoms with Gasteiger partial charge >= 0.3 is 5.69 Å². The first kappa shape index (κ1) is 13.6. The number of alkyl halides is 1. The van der Waals surface area contributed by atoms with Gasteiger partial charge in [-0.3, -0.25) is 10.1 Å². The molecular formula is C11H11BrClNO4. The summed E-state index contributed by atoms with van der Waals surface area (Å²) in [5, 5.41) is 10.8. The fourth-order valence-corrected chi connectivity index (χ4v) is 2.74. The Hall–Kier alpha value is -0.850. The first-order valence-corrected chi connectivity index (χ1v) is 6.54. The Kier molecular flexibility index (Phi) is 4.09. The van der Waals surface area contributed by atoms with Gasteiger partial charge in [0, 0.05) is 19.6 Å². The molecule has 0 bridgehead atoms. The number of ether oxygens (including phenoxy) is 2. The van der Waals surface area contributed by atoms with Gasteiger partial charge in [-0.1, -0.05) is 6.07 Å². The van der Waals surface area contributed by atoms with E-state index in [1.165, 1.54) is 6.07 Å². The van der Waals surface area contributed by atoms with Crippen LogP contribution in [0.4, 0.5) is 5.69 Å². The number of halogens is 2. The SMILES string of the molecule is COC1C(Cl)CC1Oc1c(Br)cccc1[N+](=O)[O-]. The predicted octanol–water partition coefficient (Wildman–Crippen LogP) is 3.13. The number of nitrogens with zero attached hydrogens (tertiary/aromatic N) is 1. The third-order valence-electron chi connectivity index (χ3n) is 2.86. The second-order valence-electron chi connectivity index (χ2n) is 3.95. The van der Waals surface area contributed by atoms with E-state index in [2.05, 4.69) is 15.9 Å². The molecule has 2 rings (SSSR count). The molecule has 0 radical (unpaired) electrons. The van der Waals surface area contributed by atoms with Crippen molar-refractivity contribution in [2.24, 2.45) is 0 Å². The molecule has 0 heterocycles. The first-order chi connectivity index (χ1) is 8.54. The number of nitro groups is 1. The van der Waals surface area contributed by atoms with Gasteiger partial charge < -0.3 is 9.47 Å². The highest BCUT2D eigenvalue weighted by atomic mass is 79.9. The number of hydrogen-bond donors (Lipinski definition) is 0. The van der Waals surface area contributed by atoms with Gasteiger partial charge in [0.25, 0.3) is 0 Å². The van der Waals surface area contributed by atoms with Gasteiger partial charge in [-0.2, -0.15) is 0 Å². The Labute approximate surface area is 117 Å². The Morgan fingerprint density at radius 2 is 2.28 bits per heavy atom. The van der Waals surface area contributed by atoms with Crippen molar-refractivity contribution in [1.82, 2.24) is 0 Å². The number of nitro benzene ring substituents is 1. The topological polar surface area (TPSA) is 61.6 Å². The second kappa shape index (κ2) is 5.42. The van der Waals surface area contributed by atoms with Gasteiger partial charge in [0.05, 0.1) is 14.8 Å². The van der Waals surface area contributed by atoms with E-state index in [1.54, 1.807) is 19.2 Å². The van der Waals surface area contributed by atoms with E-state index in [1.807, 2.05) is 0 Å².